The summed E-state index contributed by atoms with van der Waals surface area (Å²) in [6.45, 7) is 0. The molecule has 2 rings (SSSR count). The number of aldehydes is 1. The van der Waals surface area contributed by atoms with Crippen LogP contribution in [-0.4, -0.2) is 16.5 Å². The number of hydrogen-bond donors (Lipinski definition) is 1. The van der Waals surface area contributed by atoms with Crippen molar-refractivity contribution >= 4 is 29.2 Å². The van der Waals surface area contributed by atoms with E-state index in [1.807, 2.05) is 6.07 Å². The number of hydrogen-bond acceptors (Lipinski definition) is 3. The molecular weight excluding hydrogens is 208 g/mol. The highest BCUT2D eigenvalue weighted by Crippen LogP contribution is 2.29. The van der Waals surface area contributed by atoms with Gasteiger partial charge >= 0.3 is 0 Å². The van der Waals surface area contributed by atoms with Crippen molar-refractivity contribution in [3.63, 3.8) is 0 Å². The molecule has 0 amide bonds. The highest BCUT2D eigenvalue weighted by molar-refractivity contribution is 7.19. The number of aromatic nitrogens is 2. The predicted octanol–water partition coefficient (Wildman–Crippen LogP) is 2.60. The minimum atomic E-state index is 0.472. The third kappa shape index (κ3) is 1.64. The second-order valence-electron chi connectivity index (χ2n) is 2.43. The number of carbonyl (C=O) groups is 1. The number of rotatable bonds is 2. The minimum absolute atomic E-state index is 0.472. The smallest absolute Gasteiger partial charge is 0.167 e. The van der Waals surface area contributed by atoms with Crippen molar-refractivity contribution in [2.24, 2.45) is 0 Å². The van der Waals surface area contributed by atoms with E-state index in [1.54, 1.807) is 12.1 Å². The molecule has 13 heavy (non-hydrogen) atoms. The Kier molecular flexibility index (Phi) is 2.16. The molecule has 0 aliphatic rings. The quantitative estimate of drug-likeness (QED) is 0.778. The van der Waals surface area contributed by atoms with Crippen molar-refractivity contribution in [1.29, 1.82) is 0 Å². The van der Waals surface area contributed by atoms with E-state index in [-0.39, 0.29) is 0 Å². The Hall–Kier alpha value is -1.13. The Balaban J connectivity index is 2.40. The summed E-state index contributed by atoms with van der Waals surface area (Å²) in [5, 5.41) is 6.57. The standard InChI is InChI=1S/C8H5ClN2OS/c9-8-2-1-7(13-8)6-3-5(4-12)10-11-6/h1-4H,(H,10,11). The second-order valence-corrected chi connectivity index (χ2v) is 4.15. The third-order valence-electron chi connectivity index (χ3n) is 1.55. The Bertz CT molecular complexity index is 435. The van der Waals surface area contributed by atoms with E-state index >= 15 is 0 Å². The molecule has 0 saturated carbocycles. The zero-order valence-corrected chi connectivity index (χ0v) is 8.02. The molecule has 0 bridgehead atoms. The van der Waals surface area contributed by atoms with E-state index in [9.17, 15) is 4.79 Å². The maximum absolute atomic E-state index is 10.4. The number of nitrogens with zero attached hydrogens (tertiary/aromatic N) is 1. The lowest BCUT2D eigenvalue weighted by atomic mass is 10.3. The van der Waals surface area contributed by atoms with Crippen LogP contribution < -0.4 is 0 Å². The highest BCUT2D eigenvalue weighted by Gasteiger charge is 2.05. The van der Waals surface area contributed by atoms with Crippen molar-refractivity contribution in [3.8, 4) is 10.6 Å². The van der Waals surface area contributed by atoms with Crippen LogP contribution in [0.3, 0.4) is 0 Å². The van der Waals surface area contributed by atoms with Crippen molar-refractivity contribution in [1.82, 2.24) is 10.2 Å². The summed E-state index contributed by atoms with van der Waals surface area (Å²) < 4.78 is 0.714. The Labute approximate surface area is 83.4 Å². The van der Waals surface area contributed by atoms with Gasteiger partial charge in [-0.3, -0.25) is 9.89 Å². The molecule has 2 heterocycles. The van der Waals surface area contributed by atoms with Gasteiger partial charge in [-0.05, 0) is 18.2 Å². The zero-order chi connectivity index (χ0) is 9.26. The Morgan fingerprint density at radius 1 is 1.54 bits per heavy atom. The van der Waals surface area contributed by atoms with Crippen LogP contribution in [0, 0.1) is 0 Å². The first-order valence-corrected chi connectivity index (χ1v) is 4.75. The number of H-pyrrole nitrogens is 1. The Morgan fingerprint density at radius 3 is 2.92 bits per heavy atom. The number of halogens is 1. The molecule has 2 aromatic heterocycles. The van der Waals surface area contributed by atoms with Crippen molar-refractivity contribution in [3.05, 3.63) is 28.2 Å². The summed E-state index contributed by atoms with van der Waals surface area (Å²) in [5.74, 6) is 0. The number of thiophene rings is 1. The maximum Gasteiger partial charge on any atom is 0.167 e. The van der Waals surface area contributed by atoms with Gasteiger partial charge in [0, 0.05) is 0 Å². The molecule has 0 aromatic carbocycles. The van der Waals surface area contributed by atoms with Gasteiger partial charge in [-0.15, -0.1) is 11.3 Å². The van der Waals surface area contributed by atoms with Crippen LogP contribution in [0.4, 0.5) is 0 Å². The summed E-state index contributed by atoms with van der Waals surface area (Å²) in [4.78, 5) is 11.3. The largest absolute Gasteiger partial charge is 0.296 e. The van der Waals surface area contributed by atoms with Crippen LogP contribution in [0.5, 0.6) is 0 Å². The molecule has 0 radical (unpaired) electrons. The van der Waals surface area contributed by atoms with Crippen LogP contribution in [0.1, 0.15) is 10.5 Å². The van der Waals surface area contributed by atoms with Gasteiger partial charge in [-0.1, -0.05) is 11.6 Å². The van der Waals surface area contributed by atoms with Gasteiger partial charge in [0.15, 0.2) is 6.29 Å². The fourth-order valence-corrected chi connectivity index (χ4v) is 1.98. The second kappa shape index (κ2) is 3.32. The molecule has 0 saturated heterocycles. The van der Waals surface area contributed by atoms with Crippen molar-refractivity contribution in [2.75, 3.05) is 0 Å². The first-order chi connectivity index (χ1) is 6.29. The van der Waals surface area contributed by atoms with Gasteiger partial charge < -0.3 is 0 Å². The summed E-state index contributed by atoms with van der Waals surface area (Å²) in [6, 6.07) is 5.36. The number of carbonyl (C=O) groups excluding carboxylic acids is 1. The molecule has 5 heteroatoms. The average Bonchev–Trinajstić information content (AvgIpc) is 2.71. The first kappa shape index (κ1) is 8.47. The van der Waals surface area contributed by atoms with E-state index < -0.39 is 0 Å². The first-order valence-electron chi connectivity index (χ1n) is 3.56. The van der Waals surface area contributed by atoms with Crippen molar-refractivity contribution in [2.45, 2.75) is 0 Å². The number of aromatic amines is 1. The van der Waals surface area contributed by atoms with Gasteiger partial charge in [0.1, 0.15) is 5.69 Å². The molecule has 0 fully saturated rings. The van der Waals surface area contributed by atoms with Gasteiger partial charge in [-0.25, -0.2) is 0 Å². The molecule has 0 atom stereocenters. The lowest BCUT2D eigenvalue weighted by molar-refractivity contribution is 0.111. The topological polar surface area (TPSA) is 45.8 Å². The summed E-state index contributed by atoms with van der Waals surface area (Å²) in [5.41, 5.74) is 1.22. The lowest BCUT2D eigenvalue weighted by Crippen LogP contribution is -1.75. The van der Waals surface area contributed by atoms with Gasteiger partial charge in [0.2, 0.25) is 0 Å². The zero-order valence-electron chi connectivity index (χ0n) is 6.45. The minimum Gasteiger partial charge on any atom is -0.296 e. The monoisotopic (exact) mass is 212 g/mol. The number of nitrogens with one attached hydrogen (secondary N) is 1. The van der Waals surface area contributed by atoms with Crippen LogP contribution in [0.25, 0.3) is 10.6 Å². The summed E-state index contributed by atoms with van der Waals surface area (Å²) in [6.07, 6.45) is 0.728. The lowest BCUT2D eigenvalue weighted by Gasteiger charge is -1.84. The maximum atomic E-state index is 10.4. The van der Waals surface area contributed by atoms with E-state index in [1.165, 1.54) is 11.3 Å². The van der Waals surface area contributed by atoms with E-state index in [2.05, 4.69) is 10.2 Å². The fourth-order valence-electron chi connectivity index (χ4n) is 0.975. The van der Waals surface area contributed by atoms with Gasteiger partial charge in [0.05, 0.1) is 14.9 Å². The van der Waals surface area contributed by atoms with Gasteiger partial charge in [0.25, 0.3) is 0 Å². The average molecular weight is 213 g/mol. The van der Waals surface area contributed by atoms with Crippen LogP contribution >= 0.6 is 22.9 Å². The molecule has 66 valence electrons. The van der Waals surface area contributed by atoms with E-state index in [0.29, 0.717) is 10.0 Å². The highest BCUT2D eigenvalue weighted by atomic mass is 35.5. The molecule has 0 aliphatic carbocycles. The van der Waals surface area contributed by atoms with Crippen molar-refractivity contribution < 1.29 is 4.79 Å². The van der Waals surface area contributed by atoms with E-state index in [0.717, 1.165) is 16.9 Å². The summed E-state index contributed by atoms with van der Waals surface area (Å²) in [7, 11) is 0. The fraction of sp³-hybridized carbons (Fsp3) is 0. The van der Waals surface area contributed by atoms with Crippen LogP contribution in [0.2, 0.25) is 4.34 Å². The normalized spacial score (nSPS) is 10.2. The van der Waals surface area contributed by atoms with E-state index in [4.69, 9.17) is 11.6 Å². The Morgan fingerprint density at radius 2 is 2.38 bits per heavy atom. The molecule has 1 N–H and O–H groups in total. The summed E-state index contributed by atoms with van der Waals surface area (Å²) >= 11 is 7.19. The molecule has 0 aliphatic heterocycles. The molecular formula is C8H5ClN2OS. The van der Waals surface area contributed by atoms with Crippen LogP contribution in [0.15, 0.2) is 18.2 Å². The molecule has 2 aromatic rings. The van der Waals surface area contributed by atoms with Crippen LogP contribution in [-0.2, 0) is 0 Å². The molecule has 0 spiro atoms. The SMILES string of the molecule is O=Cc1cc(-c2ccc(Cl)s2)n[nH]1. The van der Waals surface area contributed by atoms with Gasteiger partial charge in [-0.2, -0.15) is 5.10 Å². The molecule has 0 unspecified atom stereocenters. The third-order valence-corrected chi connectivity index (χ3v) is 2.80. The molecule has 3 nitrogen and oxygen atoms in total. The predicted molar refractivity (Wildman–Crippen MR) is 52.3 cm³/mol.